The molecule has 0 aliphatic heterocycles. The Hall–Kier alpha value is -3.00. The van der Waals surface area contributed by atoms with E-state index in [0.29, 0.717) is 17.2 Å². The van der Waals surface area contributed by atoms with Crippen LogP contribution < -0.4 is 10.2 Å². The predicted molar refractivity (Wildman–Crippen MR) is 112 cm³/mol. The van der Waals surface area contributed by atoms with Gasteiger partial charge in [-0.3, -0.25) is 14.5 Å². The number of benzene rings is 1. The van der Waals surface area contributed by atoms with E-state index >= 15 is 0 Å². The van der Waals surface area contributed by atoms with Crippen LogP contribution in [0.3, 0.4) is 0 Å². The lowest BCUT2D eigenvalue weighted by atomic mass is 10.0. The number of aromatic nitrogens is 2. The van der Waals surface area contributed by atoms with Crippen molar-refractivity contribution in [2.75, 3.05) is 4.90 Å². The molecular formula is C21H24N4O3S. The second kappa shape index (κ2) is 8.16. The molecule has 152 valence electrons. The zero-order valence-electron chi connectivity index (χ0n) is 17.1. The molecule has 0 unspecified atom stereocenters. The van der Waals surface area contributed by atoms with Gasteiger partial charge in [0.05, 0.1) is 0 Å². The molecule has 1 N–H and O–H groups in total. The van der Waals surface area contributed by atoms with Crippen LogP contribution in [0, 0.1) is 13.8 Å². The second-order valence-corrected chi connectivity index (χ2v) is 8.50. The molecule has 29 heavy (non-hydrogen) atoms. The van der Waals surface area contributed by atoms with Crippen molar-refractivity contribution in [3.8, 4) is 0 Å². The summed E-state index contributed by atoms with van der Waals surface area (Å²) >= 11 is 1.08. The molecule has 0 saturated heterocycles. The fourth-order valence-electron chi connectivity index (χ4n) is 2.88. The highest BCUT2D eigenvalue weighted by atomic mass is 32.1. The molecule has 2 heterocycles. The molecule has 0 bridgehead atoms. The number of anilines is 1. The minimum absolute atomic E-state index is 0.174. The highest BCUT2D eigenvalue weighted by Gasteiger charge is 2.37. The van der Waals surface area contributed by atoms with Crippen LogP contribution >= 0.6 is 11.5 Å². The minimum Gasteiger partial charge on any atom is -0.464 e. The SMILES string of the molecule is Cc1ccc(N(C(=O)c2csnn2)[C@@H](C(=O)NC(C)(C)C)c2ccc(C)o2)cc1. The Morgan fingerprint density at radius 2 is 1.79 bits per heavy atom. The van der Waals surface area contributed by atoms with E-state index in [1.165, 1.54) is 4.90 Å². The number of hydrogen-bond donors (Lipinski definition) is 1. The van der Waals surface area contributed by atoms with Gasteiger partial charge in [0.15, 0.2) is 11.7 Å². The van der Waals surface area contributed by atoms with Crippen LogP contribution in [0.25, 0.3) is 0 Å². The lowest BCUT2D eigenvalue weighted by molar-refractivity contribution is -0.124. The van der Waals surface area contributed by atoms with E-state index in [4.69, 9.17) is 4.42 Å². The smallest absolute Gasteiger partial charge is 0.280 e. The molecule has 1 aromatic carbocycles. The normalized spacial score (nSPS) is 12.4. The van der Waals surface area contributed by atoms with Gasteiger partial charge >= 0.3 is 0 Å². The number of carbonyl (C=O) groups is 2. The summed E-state index contributed by atoms with van der Waals surface area (Å²) in [6.45, 7) is 9.41. The van der Waals surface area contributed by atoms with E-state index in [0.717, 1.165) is 17.1 Å². The van der Waals surface area contributed by atoms with Gasteiger partial charge in [-0.1, -0.05) is 22.2 Å². The first kappa shape index (κ1) is 20.7. The molecule has 2 amide bonds. The summed E-state index contributed by atoms with van der Waals surface area (Å²) in [4.78, 5) is 28.1. The highest BCUT2D eigenvalue weighted by molar-refractivity contribution is 7.03. The summed E-state index contributed by atoms with van der Waals surface area (Å²) in [5, 5.41) is 8.44. The molecule has 3 rings (SSSR count). The van der Waals surface area contributed by atoms with Crippen LogP contribution in [0.15, 0.2) is 46.2 Å². The Bertz CT molecular complexity index is 988. The van der Waals surface area contributed by atoms with E-state index < -0.39 is 17.5 Å². The number of nitrogens with zero attached hydrogens (tertiary/aromatic N) is 3. The third kappa shape index (κ3) is 4.89. The molecule has 2 aromatic heterocycles. The van der Waals surface area contributed by atoms with Crippen LogP contribution in [-0.2, 0) is 4.79 Å². The van der Waals surface area contributed by atoms with Crippen LogP contribution in [0.2, 0.25) is 0 Å². The highest BCUT2D eigenvalue weighted by Crippen LogP contribution is 2.31. The molecule has 0 saturated carbocycles. The molecule has 0 radical (unpaired) electrons. The zero-order chi connectivity index (χ0) is 21.2. The van der Waals surface area contributed by atoms with Gasteiger partial charge in [0, 0.05) is 16.6 Å². The van der Waals surface area contributed by atoms with Crippen LogP contribution in [0.1, 0.15) is 54.4 Å². The summed E-state index contributed by atoms with van der Waals surface area (Å²) in [7, 11) is 0. The Labute approximate surface area is 173 Å². The Morgan fingerprint density at radius 1 is 1.10 bits per heavy atom. The van der Waals surface area contributed by atoms with Crippen molar-refractivity contribution in [1.29, 1.82) is 0 Å². The van der Waals surface area contributed by atoms with Gasteiger partial charge in [0.1, 0.15) is 11.5 Å². The van der Waals surface area contributed by atoms with Gasteiger partial charge in [-0.25, -0.2) is 0 Å². The van der Waals surface area contributed by atoms with Gasteiger partial charge in [-0.15, -0.1) is 5.10 Å². The summed E-state index contributed by atoms with van der Waals surface area (Å²) in [6.07, 6.45) is 0. The Morgan fingerprint density at radius 3 is 2.31 bits per heavy atom. The standard InChI is InChI=1S/C21H24N4O3S/c1-13-6-9-15(10-7-13)25(20(27)16-12-29-24-23-16)18(17-11-8-14(2)28-17)19(26)22-21(3,4)5/h6-12,18H,1-5H3,(H,22,26)/t18-/m1/s1. The average molecular weight is 413 g/mol. The molecular weight excluding hydrogens is 388 g/mol. The fraction of sp³-hybridized carbons (Fsp3) is 0.333. The van der Waals surface area contributed by atoms with E-state index in [2.05, 4.69) is 14.9 Å². The van der Waals surface area contributed by atoms with Crippen LogP contribution in [0.4, 0.5) is 5.69 Å². The minimum atomic E-state index is -1.00. The number of furan rings is 1. The molecule has 3 aromatic rings. The Balaban J connectivity index is 2.14. The van der Waals surface area contributed by atoms with E-state index in [-0.39, 0.29) is 11.6 Å². The predicted octanol–water partition coefficient (Wildman–Crippen LogP) is 4.05. The van der Waals surface area contributed by atoms with Crippen LogP contribution in [0.5, 0.6) is 0 Å². The van der Waals surface area contributed by atoms with Gasteiger partial charge in [0.2, 0.25) is 0 Å². The molecule has 1 atom stereocenters. The third-order valence-electron chi connectivity index (χ3n) is 4.15. The Kier molecular flexibility index (Phi) is 5.83. The molecule has 7 nitrogen and oxygen atoms in total. The average Bonchev–Trinajstić information content (AvgIpc) is 3.30. The lowest BCUT2D eigenvalue weighted by Gasteiger charge is -2.32. The number of aryl methyl sites for hydroxylation is 2. The first-order chi connectivity index (χ1) is 13.7. The second-order valence-electron chi connectivity index (χ2n) is 7.89. The lowest BCUT2D eigenvalue weighted by Crippen LogP contribution is -2.49. The van der Waals surface area contributed by atoms with E-state index in [9.17, 15) is 9.59 Å². The van der Waals surface area contributed by atoms with Crippen molar-refractivity contribution in [1.82, 2.24) is 14.9 Å². The molecule has 0 spiro atoms. The summed E-state index contributed by atoms with van der Waals surface area (Å²) in [5.41, 5.74) is 1.30. The van der Waals surface area contributed by atoms with Crippen molar-refractivity contribution >= 4 is 29.0 Å². The van der Waals surface area contributed by atoms with Crippen LogP contribution in [-0.4, -0.2) is 26.9 Å². The zero-order valence-corrected chi connectivity index (χ0v) is 17.9. The third-order valence-corrected chi connectivity index (χ3v) is 4.65. The molecule has 0 aliphatic carbocycles. The summed E-state index contributed by atoms with van der Waals surface area (Å²) < 4.78 is 9.58. The number of carbonyl (C=O) groups excluding carboxylic acids is 2. The molecule has 0 fully saturated rings. The molecule has 8 heteroatoms. The maximum atomic E-state index is 13.4. The van der Waals surface area contributed by atoms with Crippen molar-refractivity contribution in [2.45, 2.75) is 46.2 Å². The first-order valence-electron chi connectivity index (χ1n) is 9.21. The van der Waals surface area contributed by atoms with Gasteiger partial charge in [0.25, 0.3) is 11.8 Å². The van der Waals surface area contributed by atoms with Crippen molar-refractivity contribution < 1.29 is 14.0 Å². The van der Waals surface area contributed by atoms with E-state index in [1.54, 1.807) is 36.6 Å². The quantitative estimate of drug-likeness (QED) is 0.683. The van der Waals surface area contributed by atoms with Gasteiger partial charge < -0.3 is 9.73 Å². The maximum Gasteiger partial charge on any atom is 0.280 e. The largest absolute Gasteiger partial charge is 0.464 e. The fourth-order valence-corrected chi connectivity index (χ4v) is 3.31. The monoisotopic (exact) mass is 412 g/mol. The van der Waals surface area contributed by atoms with E-state index in [1.807, 2.05) is 39.8 Å². The number of nitrogens with one attached hydrogen (secondary N) is 1. The summed E-state index contributed by atoms with van der Waals surface area (Å²) in [6, 6.07) is 9.88. The van der Waals surface area contributed by atoms with Crippen molar-refractivity contribution in [3.05, 3.63) is 64.6 Å². The van der Waals surface area contributed by atoms with Crippen molar-refractivity contribution in [2.24, 2.45) is 0 Å². The summed E-state index contributed by atoms with van der Waals surface area (Å²) in [5.74, 6) is 0.260. The number of amides is 2. The van der Waals surface area contributed by atoms with Crippen molar-refractivity contribution in [3.63, 3.8) is 0 Å². The first-order valence-corrected chi connectivity index (χ1v) is 10.0. The van der Waals surface area contributed by atoms with Gasteiger partial charge in [-0.2, -0.15) is 0 Å². The maximum absolute atomic E-state index is 13.4. The topological polar surface area (TPSA) is 88.3 Å². The molecule has 0 aliphatic rings. The number of hydrogen-bond acceptors (Lipinski definition) is 6. The van der Waals surface area contributed by atoms with Gasteiger partial charge in [-0.05, 0) is 70.4 Å². The number of rotatable bonds is 5.